The second-order valence-electron chi connectivity index (χ2n) is 5.60. The molecule has 0 radical (unpaired) electrons. The Labute approximate surface area is 154 Å². The molecule has 1 aliphatic heterocycles. The third kappa shape index (κ3) is 3.37. The molecule has 2 aromatic rings. The van der Waals surface area contributed by atoms with Crippen molar-refractivity contribution in [2.75, 3.05) is 13.7 Å². The van der Waals surface area contributed by atoms with Gasteiger partial charge in [-0.2, -0.15) is 0 Å². The average Bonchev–Trinajstić information content (AvgIpc) is 3.25. The molecule has 2 heterocycles. The molecular weight excluding hydrogens is 354 g/mol. The van der Waals surface area contributed by atoms with Gasteiger partial charge in [0, 0.05) is 6.54 Å². The SMILES string of the molecule is C=CCN1C(=O)c2ccc(C(=O)OCc3ccc(C(=O)OC)o3)cc2C1=O. The summed E-state index contributed by atoms with van der Waals surface area (Å²) >= 11 is 0. The molecule has 8 heteroatoms. The van der Waals surface area contributed by atoms with Gasteiger partial charge in [0.15, 0.2) is 0 Å². The Morgan fingerprint density at radius 3 is 2.56 bits per heavy atom. The second-order valence-corrected chi connectivity index (χ2v) is 5.60. The maximum atomic E-state index is 12.3. The number of esters is 2. The van der Waals surface area contributed by atoms with Gasteiger partial charge in [0.25, 0.3) is 11.8 Å². The number of furan rings is 1. The number of carbonyl (C=O) groups excluding carboxylic acids is 4. The number of ether oxygens (including phenoxy) is 2. The van der Waals surface area contributed by atoms with Crippen LogP contribution in [-0.2, 0) is 16.1 Å². The van der Waals surface area contributed by atoms with Gasteiger partial charge in [-0.3, -0.25) is 14.5 Å². The van der Waals surface area contributed by atoms with Crippen molar-refractivity contribution < 1.29 is 33.1 Å². The van der Waals surface area contributed by atoms with Crippen LogP contribution in [0.3, 0.4) is 0 Å². The van der Waals surface area contributed by atoms with Crippen molar-refractivity contribution in [2.24, 2.45) is 0 Å². The van der Waals surface area contributed by atoms with Gasteiger partial charge in [-0.25, -0.2) is 9.59 Å². The predicted octanol–water partition coefficient (Wildman–Crippen LogP) is 2.21. The van der Waals surface area contributed by atoms with E-state index in [4.69, 9.17) is 9.15 Å². The highest BCUT2D eigenvalue weighted by Gasteiger charge is 2.35. The highest BCUT2D eigenvalue weighted by molar-refractivity contribution is 6.22. The summed E-state index contributed by atoms with van der Waals surface area (Å²) in [6, 6.07) is 7.03. The number of carbonyl (C=O) groups is 4. The molecule has 0 saturated carbocycles. The minimum absolute atomic E-state index is 0.00695. The van der Waals surface area contributed by atoms with Crippen LogP contribution in [0.25, 0.3) is 0 Å². The lowest BCUT2D eigenvalue weighted by Crippen LogP contribution is -2.29. The van der Waals surface area contributed by atoms with Gasteiger partial charge in [-0.15, -0.1) is 6.58 Å². The van der Waals surface area contributed by atoms with E-state index in [0.717, 1.165) is 4.90 Å². The summed E-state index contributed by atoms with van der Waals surface area (Å²) in [6.07, 6.45) is 1.45. The molecule has 0 aliphatic carbocycles. The topological polar surface area (TPSA) is 103 Å². The maximum Gasteiger partial charge on any atom is 0.373 e. The molecule has 1 aromatic heterocycles. The lowest BCUT2D eigenvalue weighted by atomic mass is 10.1. The van der Waals surface area contributed by atoms with E-state index in [9.17, 15) is 19.2 Å². The Balaban J connectivity index is 1.71. The molecule has 0 spiro atoms. The second kappa shape index (κ2) is 7.28. The lowest BCUT2D eigenvalue weighted by Gasteiger charge is -2.09. The van der Waals surface area contributed by atoms with Crippen LogP contribution in [-0.4, -0.2) is 42.3 Å². The quantitative estimate of drug-likeness (QED) is 0.437. The summed E-state index contributed by atoms with van der Waals surface area (Å²) < 4.78 is 14.9. The van der Waals surface area contributed by atoms with E-state index in [-0.39, 0.29) is 41.4 Å². The largest absolute Gasteiger partial charge is 0.463 e. The van der Waals surface area contributed by atoms with Crippen LogP contribution in [0.5, 0.6) is 0 Å². The Kier molecular flexibility index (Phi) is 4.89. The van der Waals surface area contributed by atoms with Crippen molar-refractivity contribution in [3.63, 3.8) is 0 Å². The zero-order chi connectivity index (χ0) is 19.6. The molecule has 0 atom stereocenters. The maximum absolute atomic E-state index is 12.3. The van der Waals surface area contributed by atoms with Crippen LogP contribution >= 0.6 is 0 Å². The molecule has 0 saturated heterocycles. The van der Waals surface area contributed by atoms with Crippen molar-refractivity contribution in [2.45, 2.75) is 6.61 Å². The summed E-state index contributed by atoms with van der Waals surface area (Å²) in [5, 5.41) is 0. The third-order valence-corrected chi connectivity index (χ3v) is 3.91. The van der Waals surface area contributed by atoms with Crippen LogP contribution in [0, 0.1) is 0 Å². The summed E-state index contributed by atoms with van der Waals surface area (Å²) in [7, 11) is 1.22. The fourth-order valence-corrected chi connectivity index (χ4v) is 2.60. The molecule has 0 N–H and O–H groups in total. The van der Waals surface area contributed by atoms with Crippen LogP contribution in [0.2, 0.25) is 0 Å². The average molecular weight is 369 g/mol. The number of amides is 2. The molecule has 8 nitrogen and oxygen atoms in total. The first-order valence-electron chi connectivity index (χ1n) is 7.91. The first-order valence-corrected chi connectivity index (χ1v) is 7.91. The monoisotopic (exact) mass is 369 g/mol. The van der Waals surface area contributed by atoms with E-state index in [0.29, 0.717) is 0 Å². The fraction of sp³-hybridized carbons (Fsp3) is 0.158. The molecule has 0 unspecified atom stereocenters. The summed E-state index contributed by atoms with van der Waals surface area (Å²) in [5.41, 5.74) is 0.490. The predicted molar refractivity (Wildman–Crippen MR) is 91.2 cm³/mol. The molecular formula is C19H15NO7. The normalized spacial score (nSPS) is 12.7. The Bertz CT molecular complexity index is 957. The highest BCUT2D eigenvalue weighted by atomic mass is 16.5. The number of fused-ring (bicyclic) bond motifs is 1. The molecule has 1 aliphatic rings. The lowest BCUT2D eigenvalue weighted by molar-refractivity contribution is 0.0438. The van der Waals surface area contributed by atoms with E-state index < -0.39 is 23.8 Å². The van der Waals surface area contributed by atoms with Crippen molar-refractivity contribution in [3.05, 3.63) is 71.2 Å². The Morgan fingerprint density at radius 1 is 1.11 bits per heavy atom. The van der Waals surface area contributed by atoms with Gasteiger partial charge in [0.1, 0.15) is 12.4 Å². The van der Waals surface area contributed by atoms with Crippen LogP contribution in [0.4, 0.5) is 0 Å². The van der Waals surface area contributed by atoms with Gasteiger partial charge in [-0.05, 0) is 30.3 Å². The third-order valence-electron chi connectivity index (χ3n) is 3.91. The minimum Gasteiger partial charge on any atom is -0.463 e. The Hall–Kier alpha value is -3.68. The van der Waals surface area contributed by atoms with E-state index in [1.54, 1.807) is 0 Å². The number of hydrogen-bond donors (Lipinski definition) is 0. The molecule has 138 valence electrons. The zero-order valence-corrected chi connectivity index (χ0v) is 14.4. The van der Waals surface area contributed by atoms with Gasteiger partial charge < -0.3 is 13.9 Å². The number of nitrogens with zero attached hydrogens (tertiary/aromatic N) is 1. The van der Waals surface area contributed by atoms with Gasteiger partial charge >= 0.3 is 11.9 Å². The number of imide groups is 1. The zero-order valence-electron chi connectivity index (χ0n) is 14.4. The summed E-state index contributed by atoms with van der Waals surface area (Å²) in [4.78, 5) is 49.1. The number of hydrogen-bond acceptors (Lipinski definition) is 7. The van der Waals surface area contributed by atoms with E-state index in [2.05, 4.69) is 11.3 Å². The molecule has 2 amide bonds. The van der Waals surface area contributed by atoms with E-state index >= 15 is 0 Å². The van der Waals surface area contributed by atoms with Gasteiger partial charge in [-0.1, -0.05) is 6.08 Å². The van der Waals surface area contributed by atoms with E-state index in [1.165, 1.54) is 43.5 Å². The molecule has 1 aromatic carbocycles. The smallest absolute Gasteiger partial charge is 0.373 e. The molecule has 3 rings (SSSR count). The summed E-state index contributed by atoms with van der Waals surface area (Å²) in [6.45, 7) is 3.40. The Morgan fingerprint density at radius 2 is 1.85 bits per heavy atom. The fourth-order valence-electron chi connectivity index (χ4n) is 2.60. The standard InChI is InChI=1S/C19H15NO7/c1-3-8-20-16(21)13-6-4-11(9-14(13)17(20)22)18(23)26-10-12-5-7-15(27-12)19(24)25-2/h3-7,9H,1,8,10H2,2H3. The van der Waals surface area contributed by atoms with Crippen molar-refractivity contribution in [1.29, 1.82) is 0 Å². The molecule has 0 fully saturated rings. The first kappa shape index (κ1) is 18.1. The first-order chi connectivity index (χ1) is 13.0. The van der Waals surface area contributed by atoms with Crippen molar-refractivity contribution >= 4 is 23.8 Å². The molecule has 0 bridgehead atoms. The minimum atomic E-state index is -0.698. The van der Waals surface area contributed by atoms with Crippen LogP contribution in [0.1, 0.15) is 47.4 Å². The van der Waals surface area contributed by atoms with Crippen molar-refractivity contribution in [3.8, 4) is 0 Å². The number of rotatable bonds is 6. The van der Waals surface area contributed by atoms with Gasteiger partial charge in [0.05, 0.1) is 23.8 Å². The van der Waals surface area contributed by atoms with E-state index in [1.807, 2.05) is 0 Å². The highest BCUT2D eigenvalue weighted by Crippen LogP contribution is 2.24. The number of methoxy groups -OCH3 is 1. The van der Waals surface area contributed by atoms with Gasteiger partial charge in [0.2, 0.25) is 5.76 Å². The van der Waals surface area contributed by atoms with Crippen LogP contribution in [0.15, 0.2) is 47.4 Å². The number of benzene rings is 1. The van der Waals surface area contributed by atoms with Crippen LogP contribution < -0.4 is 0 Å². The summed E-state index contributed by atoms with van der Waals surface area (Å²) in [5.74, 6) is -2.01. The van der Waals surface area contributed by atoms with Crippen molar-refractivity contribution in [1.82, 2.24) is 4.90 Å². The molecule has 27 heavy (non-hydrogen) atoms.